The van der Waals surface area contributed by atoms with Crippen LogP contribution in [0, 0.1) is 0 Å². The van der Waals surface area contributed by atoms with E-state index in [1.54, 1.807) is 4.31 Å². The van der Waals surface area contributed by atoms with Crippen molar-refractivity contribution in [2.75, 3.05) is 13.2 Å². The summed E-state index contributed by atoms with van der Waals surface area (Å²) >= 11 is 0. The molecule has 100 valence electrons. The van der Waals surface area contributed by atoms with Gasteiger partial charge in [0.1, 0.15) is 0 Å². The first kappa shape index (κ1) is 13.3. The van der Waals surface area contributed by atoms with Crippen molar-refractivity contribution in [3.05, 3.63) is 0 Å². The summed E-state index contributed by atoms with van der Waals surface area (Å²) in [6.45, 7) is 0.214. The van der Waals surface area contributed by atoms with Crippen LogP contribution in [0.4, 0.5) is 0 Å². The molecule has 0 amide bonds. The van der Waals surface area contributed by atoms with Crippen LogP contribution in [0.3, 0.4) is 0 Å². The van der Waals surface area contributed by atoms with Gasteiger partial charge in [-0.2, -0.15) is 4.31 Å². The second-order valence-electron chi connectivity index (χ2n) is 5.22. The van der Waals surface area contributed by atoms with E-state index in [4.69, 9.17) is 5.11 Å². The molecular formula is C12H23NO3S. The van der Waals surface area contributed by atoms with Crippen molar-refractivity contribution in [1.82, 2.24) is 4.31 Å². The van der Waals surface area contributed by atoms with Crippen LogP contribution in [0.15, 0.2) is 0 Å². The smallest absolute Gasteiger partial charge is 0.217 e. The minimum atomic E-state index is -3.17. The Morgan fingerprint density at radius 3 is 2.06 bits per heavy atom. The third kappa shape index (κ3) is 2.83. The van der Waals surface area contributed by atoms with E-state index in [1.165, 1.54) is 0 Å². The third-order valence-corrected chi connectivity index (χ3v) is 6.55. The van der Waals surface area contributed by atoms with Gasteiger partial charge in [0.05, 0.1) is 11.9 Å². The summed E-state index contributed by atoms with van der Waals surface area (Å²) in [5.41, 5.74) is 0. The first-order valence-electron chi connectivity index (χ1n) is 6.78. The van der Waals surface area contributed by atoms with Crippen LogP contribution < -0.4 is 0 Å². The number of aliphatic hydroxyl groups excluding tert-OH is 1. The number of nitrogens with zero attached hydrogens (tertiary/aromatic N) is 1. The number of rotatable bonds is 5. The topological polar surface area (TPSA) is 57.6 Å². The maximum Gasteiger partial charge on any atom is 0.217 e. The average molecular weight is 261 g/mol. The van der Waals surface area contributed by atoms with Crippen molar-refractivity contribution >= 4 is 10.0 Å². The molecule has 0 aromatic heterocycles. The molecular weight excluding hydrogens is 238 g/mol. The number of aliphatic hydroxyl groups is 1. The molecule has 0 bridgehead atoms. The Morgan fingerprint density at radius 2 is 1.53 bits per heavy atom. The van der Waals surface area contributed by atoms with Crippen LogP contribution in [-0.4, -0.2) is 42.3 Å². The largest absolute Gasteiger partial charge is 0.395 e. The van der Waals surface area contributed by atoms with Crippen LogP contribution in [0.2, 0.25) is 0 Å². The number of sulfonamides is 1. The molecule has 2 fully saturated rings. The van der Waals surface area contributed by atoms with Gasteiger partial charge in [-0.05, 0) is 25.7 Å². The predicted molar refractivity (Wildman–Crippen MR) is 67.2 cm³/mol. The van der Waals surface area contributed by atoms with E-state index in [9.17, 15) is 8.42 Å². The molecule has 0 saturated heterocycles. The maximum absolute atomic E-state index is 12.5. The Balaban J connectivity index is 2.12. The summed E-state index contributed by atoms with van der Waals surface area (Å²) < 4.78 is 26.7. The summed E-state index contributed by atoms with van der Waals surface area (Å²) in [5, 5.41) is 8.91. The highest BCUT2D eigenvalue weighted by Gasteiger charge is 2.38. The Bertz CT molecular complexity index is 330. The molecule has 0 spiro atoms. The molecule has 2 aliphatic rings. The van der Waals surface area contributed by atoms with Crippen molar-refractivity contribution in [3.8, 4) is 0 Å². The zero-order chi connectivity index (χ0) is 12.3. The van der Waals surface area contributed by atoms with E-state index in [0.717, 1.165) is 51.4 Å². The van der Waals surface area contributed by atoms with Gasteiger partial charge in [0.25, 0.3) is 0 Å². The SMILES string of the molecule is O=S(=O)(C1CCCC1)N(CCO)C1CCCC1. The number of hydrogen-bond acceptors (Lipinski definition) is 3. The fourth-order valence-electron chi connectivity index (χ4n) is 3.19. The molecule has 0 aromatic rings. The fraction of sp³-hybridized carbons (Fsp3) is 1.00. The van der Waals surface area contributed by atoms with E-state index in [-0.39, 0.29) is 24.4 Å². The molecule has 2 saturated carbocycles. The highest BCUT2D eigenvalue weighted by molar-refractivity contribution is 7.89. The van der Waals surface area contributed by atoms with Crippen LogP contribution in [0.1, 0.15) is 51.4 Å². The number of hydrogen-bond donors (Lipinski definition) is 1. The molecule has 5 heteroatoms. The standard InChI is InChI=1S/C12H23NO3S/c14-10-9-13(11-5-1-2-6-11)17(15,16)12-7-3-4-8-12/h11-12,14H,1-10H2. The van der Waals surface area contributed by atoms with Gasteiger partial charge < -0.3 is 5.11 Å². The van der Waals surface area contributed by atoms with E-state index >= 15 is 0 Å². The van der Waals surface area contributed by atoms with Gasteiger partial charge in [0, 0.05) is 12.6 Å². The Hall–Kier alpha value is -0.130. The van der Waals surface area contributed by atoms with Gasteiger partial charge in [-0.1, -0.05) is 25.7 Å². The second-order valence-corrected chi connectivity index (χ2v) is 7.39. The fourth-order valence-corrected chi connectivity index (χ4v) is 5.46. The van der Waals surface area contributed by atoms with Crippen molar-refractivity contribution in [2.24, 2.45) is 0 Å². The van der Waals surface area contributed by atoms with Gasteiger partial charge >= 0.3 is 0 Å². The zero-order valence-corrected chi connectivity index (χ0v) is 11.2. The molecule has 0 aromatic carbocycles. The summed E-state index contributed by atoms with van der Waals surface area (Å²) in [5.74, 6) is 0. The molecule has 17 heavy (non-hydrogen) atoms. The van der Waals surface area contributed by atoms with Crippen LogP contribution in [0.25, 0.3) is 0 Å². The highest BCUT2D eigenvalue weighted by atomic mass is 32.2. The molecule has 0 heterocycles. The summed E-state index contributed by atoms with van der Waals surface area (Å²) in [7, 11) is -3.17. The molecule has 2 rings (SSSR count). The van der Waals surface area contributed by atoms with E-state index in [0.29, 0.717) is 0 Å². The molecule has 0 unspecified atom stereocenters. The van der Waals surface area contributed by atoms with E-state index < -0.39 is 10.0 Å². The van der Waals surface area contributed by atoms with Crippen molar-refractivity contribution in [2.45, 2.75) is 62.7 Å². The average Bonchev–Trinajstić information content (AvgIpc) is 2.97. The minimum Gasteiger partial charge on any atom is -0.395 e. The van der Waals surface area contributed by atoms with E-state index in [1.807, 2.05) is 0 Å². The van der Waals surface area contributed by atoms with E-state index in [2.05, 4.69) is 0 Å². The first-order valence-corrected chi connectivity index (χ1v) is 8.28. The van der Waals surface area contributed by atoms with Gasteiger partial charge in [0.2, 0.25) is 10.0 Å². The molecule has 0 atom stereocenters. The summed E-state index contributed by atoms with van der Waals surface area (Å²) in [4.78, 5) is 0. The third-order valence-electron chi connectivity index (χ3n) is 4.10. The van der Waals surface area contributed by atoms with Crippen LogP contribution in [0.5, 0.6) is 0 Å². The quantitative estimate of drug-likeness (QED) is 0.816. The molecule has 0 radical (unpaired) electrons. The van der Waals surface area contributed by atoms with Crippen molar-refractivity contribution in [3.63, 3.8) is 0 Å². The molecule has 1 N–H and O–H groups in total. The Labute approximate surface area is 104 Å². The van der Waals surface area contributed by atoms with Gasteiger partial charge in [-0.3, -0.25) is 0 Å². The lowest BCUT2D eigenvalue weighted by molar-refractivity contribution is 0.225. The van der Waals surface area contributed by atoms with Crippen molar-refractivity contribution < 1.29 is 13.5 Å². The normalized spacial score (nSPS) is 23.9. The molecule has 4 nitrogen and oxygen atoms in total. The molecule has 2 aliphatic carbocycles. The molecule has 0 aliphatic heterocycles. The lowest BCUT2D eigenvalue weighted by Crippen LogP contribution is -2.44. The monoisotopic (exact) mass is 261 g/mol. The van der Waals surface area contributed by atoms with Gasteiger partial charge in [0.15, 0.2) is 0 Å². The zero-order valence-electron chi connectivity index (χ0n) is 10.3. The Morgan fingerprint density at radius 1 is 1.00 bits per heavy atom. The van der Waals surface area contributed by atoms with Crippen molar-refractivity contribution in [1.29, 1.82) is 0 Å². The minimum absolute atomic E-state index is 0.0670. The van der Waals surface area contributed by atoms with Crippen LogP contribution >= 0.6 is 0 Å². The lowest BCUT2D eigenvalue weighted by Gasteiger charge is -2.30. The second kappa shape index (κ2) is 5.67. The first-order chi connectivity index (χ1) is 8.16. The Kier molecular flexibility index (Phi) is 4.44. The summed E-state index contributed by atoms with van der Waals surface area (Å²) in [6, 6.07) is 0.146. The van der Waals surface area contributed by atoms with Crippen LogP contribution in [-0.2, 0) is 10.0 Å². The maximum atomic E-state index is 12.5. The lowest BCUT2D eigenvalue weighted by atomic mass is 10.2. The predicted octanol–water partition coefficient (Wildman–Crippen LogP) is 1.50. The van der Waals surface area contributed by atoms with Gasteiger partial charge in [-0.15, -0.1) is 0 Å². The van der Waals surface area contributed by atoms with Gasteiger partial charge in [-0.25, -0.2) is 8.42 Å². The summed E-state index contributed by atoms with van der Waals surface area (Å²) in [6.07, 6.45) is 7.83. The highest BCUT2D eigenvalue weighted by Crippen LogP contribution is 2.32.